The van der Waals surface area contributed by atoms with E-state index in [2.05, 4.69) is 15.9 Å². The number of hydrogen-bond acceptors (Lipinski definition) is 2. The number of nitrogens with zero attached hydrogens (tertiary/aromatic N) is 1. The van der Waals surface area contributed by atoms with E-state index in [1.54, 1.807) is 11.3 Å². The second kappa shape index (κ2) is 3.42. The molecule has 1 saturated carbocycles. The van der Waals surface area contributed by atoms with E-state index in [1.165, 1.54) is 0 Å². The van der Waals surface area contributed by atoms with Gasteiger partial charge in [0.05, 0.1) is 9.35 Å². The highest BCUT2D eigenvalue weighted by Gasteiger charge is 2.30. The zero-order chi connectivity index (χ0) is 9.42. The van der Waals surface area contributed by atoms with Gasteiger partial charge in [-0.25, -0.2) is 0 Å². The molecule has 0 atom stereocenters. The van der Waals surface area contributed by atoms with Gasteiger partial charge in [0, 0.05) is 18.5 Å². The van der Waals surface area contributed by atoms with Gasteiger partial charge in [-0.1, -0.05) is 0 Å². The first-order valence-electron chi connectivity index (χ1n) is 4.19. The Bertz CT molecular complexity index is 332. The highest BCUT2D eigenvalue weighted by molar-refractivity contribution is 9.11. The summed E-state index contributed by atoms with van der Waals surface area (Å²) in [5, 5.41) is 1.89. The topological polar surface area (TPSA) is 20.3 Å². The van der Waals surface area contributed by atoms with Crippen molar-refractivity contribution in [1.82, 2.24) is 4.90 Å². The predicted molar refractivity (Wildman–Crippen MR) is 57.1 cm³/mol. The fourth-order valence-corrected chi connectivity index (χ4v) is 2.38. The Hall–Kier alpha value is -0.350. The van der Waals surface area contributed by atoms with Crippen molar-refractivity contribution in [3.63, 3.8) is 0 Å². The molecule has 2 nitrogen and oxygen atoms in total. The second-order valence-corrected chi connectivity index (χ2v) is 5.58. The maximum absolute atomic E-state index is 11.8. The molecule has 13 heavy (non-hydrogen) atoms. The minimum absolute atomic E-state index is 0.143. The van der Waals surface area contributed by atoms with E-state index >= 15 is 0 Å². The Labute approximate surface area is 89.7 Å². The Morgan fingerprint density at radius 2 is 2.38 bits per heavy atom. The zero-order valence-electron chi connectivity index (χ0n) is 7.29. The number of carbonyl (C=O) groups excluding carboxylic acids is 1. The molecule has 1 amide bonds. The minimum atomic E-state index is 0.143. The maximum atomic E-state index is 11.8. The molecule has 2 rings (SSSR count). The third-order valence-corrected chi connectivity index (χ3v) is 3.73. The summed E-state index contributed by atoms with van der Waals surface area (Å²) < 4.78 is 1.01. The molecular weight excluding hydrogens is 250 g/mol. The molecule has 1 fully saturated rings. The lowest BCUT2D eigenvalue weighted by molar-refractivity contribution is 0.0785. The molecule has 0 aliphatic heterocycles. The standard InChI is InChI=1S/C9H10BrNOS/c1-11(7-2-3-7)9(12)6-4-8(10)13-5-6/h4-5,7H,2-3H2,1H3. The van der Waals surface area contributed by atoms with Crippen LogP contribution in [0.5, 0.6) is 0 Å². The average Bonchev–Trinajstić information content (AvgIpc) is 2.87. The van der Waals surface area contributed by atoms with Crippen LogP contribution in [0.15, 0.2) is 15.2 Å². The zero-order valence-corrected chi connectivity index (χ0v) is 9.69. The van der Waals surface area contributed by atoms with Gasteiger partial charge in [0.2, 0.25) is 0 Å². The van der Waals surface area contributed by atoms with Crippen molar-refractivity contribution in [2.24, 2.45) is 0 Å². The highest BCUT2D eigenvalue weighted by atomic mass is 79.9. The molecule has 1 aliphatic carbocycles. The van der Waals surface area contributed by atoms with Gasteiger partial charge < -0.3 is 4.90 Å². The van der Waals surface area contributed by atoms with Gasteiger partial charge in [-0.15, -0.1) is 11.3 Å². The van der Waals surface area contributed by atoms with Gasteiger partial charge in [-0.05, 0) is 34.8 Å². The van der Waals surface area contributed by atoms with Crippen molar-refractivity contribution >= 4 is 33.2 Å². The molecule has 0 aromatic carbocycles. The van der Waals surface area contributed by atoms with Crippen LogP contribution in [0.1, 0.15) is 23.2 Å². The maximum Gasteiger partial charge on any atom is 0.254 e. The summed E-state index contributed by atoms with van der Waals surface area (Å²) in [4.78, 5) is 13.6. The molecule has 1 aliphatic rings. The van der Waals surface area contributed by atoms with E-state index < -0.39 is 0 Å². The van der Waals surface area contributed by atoms with Crippen LogP contribution in [0.3, 0.4) is 0 Å². The molecule has 0 spiro atoms. The van der Waals surface area contributed by atoms with Gasteiger partial charge >= 0.3 is 0 Å². The lowest BCUT2D eigenvalue weighted by Crippen LogP contribution is -2.28. The molecule has 0 N–H and O–H groups in total. The number of carbonyl (C=O) groups is 1. The summed E-state index contributed by atoms with van der Waals surface area (Å²) in [5.74, 6) is 0.143. The van der Waals surface area contributed by atoms with Crippen LogP contribution < -0.4 is 0 Å². The fourth-order valence-electron chi connectivity index (χ4n) is 1.25. The summed E-state index contributed by atoms with van der Waals surface area (Å²) in [6.45, 7) is 0. The summed E-state index contributed by atoms with van der Waals surface area (Å²) in [7, 11) is 1.88. The average molecular weight is 260 g/mol. The van der Waals surface area contributed by atoms with Gasteiger partial charge in [0.1, 0.15) is 0 Å². The van der Waals surface area contributed by atoms with Gasteiger partial charge in [-0.2, -0.15) is 0 Å². The van der Waals surface area contributed by atoms with E-state index in [4.69, 9.17) is 0 Å². The number of halogens is 1. The van der Waals surface area contributed by atoms with Crippen molar-refractivity contribution in [2.45, 2.75) is 18.9 Å². The number of amides is 1. The third kappa shape index (κ3) is 1.94. The normalized spacial score (nSPS) is 15.8. The van der Waals surface area contributed by atoms with Crippen LogP contribution in [-0.4, -0.2) is 23.9 Å². The first-order valence-corrected chi connectivity index (χ1v) is 5.87. The van der Waals surface area contributed by atoms with Gasteiger partial charge in [0.15, 0.2) is 0 Å². The lowest BCUT2D eigenvalue weighted by Gasteiger charge is -2.14. The number of rotatable bonds is 2. The Kier molecular flexibility index (Phi) is 2.43. The molecule has 0 bridgehead atoms. The molecule has 70 valence electrons. The third-order valence-electron chi connectivity index (χ3n) is 2.23. The van der Waals surface area contributed by atoms with Crippen LogP contribution >= 0.6 is 27.3 Å². The SMILES string of the molecule is CN(C(=O)c1csc(Br)c1)C1CC1. The van der Waals surface area contributed by atoms with Crippen molar-refractivity contribution in [3.05, 3.63) is 20.8 Å². The van der Waals surface area contributed by atoms with E-state index in [9.17, 15) is 4.79 Å². The summed E-state index contributed by atoms with van der Waals surface area (Å²) in [5.41, 5.74) is 0.797. The largest absolute Gasteiger partial charge is 0.339 e. The summed E-state index contributed by atoms with van der Waals surface area (Å²) in [6.07, 6.45) is 2.32. The van der Waals surface area contributed by atoms with Crippen molar-refractivity contribution in [2.75, 3.05) is 7.05 Å². The molecule has 4 heteroatoms. The molecule has 1 heterocycles. The first-order chi connectivity index (χ1) is 6.18. The lowest BCUT2D eigenvalue weighted by atomic mass is 10.3. The second-order valence-electron chi connectivity index (χ2n) is 3.29. The first kappa shape index (κ1) is 9.21. The molecule has 1 aromatic heterocycles. The van der Waals surface area contributed by atoms with E-state index in [1.807, 2.05) is 23.4 Å². The summed E-state index contributed by atoms with van der Waals surface area (Å²) >= 11 is 4.90. The van der Waals surface area contributed by atoms with Crippen molar-refractivity contribution in [3.8, 4) is 0 Å². The van der Waals surface area contributed by atoms with E-state index in [-0.39, 0.29) is 5.91 Å². The van der Waals surface area contributed by atoms with E-state index in [0.29, 0.717) is 6.04 Å². The number of thiophene rings is 1. The molecular formula is C9H10BrNOS. The predicted octanol–water partition coefficient (Wildman–Crippen LogP) is 2.75. The number of hydrogen-bond donors (Lipinski definition) is 0. The Balaban J connectivity index is 2.11. The monoisotopic (exact) mass is 259 g/mol. The van der Waals surface area contributed by atoms with E-state index in [0.717, 1.165) is 22.2 Å². The highest BCUT2D eigenvalue weighted by Crippen LogP contribution is 2.28. The fraction of sp³-hybridized carbons (Fsp3) is 0.444. The van der Waals surface area contributed by atoms with Crippen LogP contribution in [-0.2, 0) is 0 Å². The summed E-state index contributed by atoms with van der Waals surface area (Å²) in [6, 6.07) is 2.37. The minimum Gasteiger partial charge on any atom is -0.339 e. The Morgan fingerprint density at radius 3 is 2.85 bits per heavy atom. The van der Waals surface area contributed by atoms with Crippen molar-refractivity contribution in [1.29, 1.82) is 0 Å². The van der Waals surface area contributed by atoms with Crippen molar-refractivity contribution < 1.29 is 4.79 Å². The molecule has 1 aromatic rings. The molecule has 0 unspecified atom stereocenters. The van der Waals surface area contributed by atoms with Gasteiger partial charge in [-0.3, -0.25) is 4.79 Å². The smallest absolute Gasteiger partial charge is 0.254 e. The van der Waals surface area contributed by atoms with Crippen LogP contribution in [0.25, 0.3) is 0 Å². The molecule has 0 radical (unpaired) electrons. The van der Waals surface area contributed by atoms with Crippen LogP contribution in [0.4, 0.5) is 0 Å². The molecule has 0 saturated heterocycles. The quantitative estimate of drug-likeness (QED) is 0.800. The Morgan fingerprint density at radius 1 is 1.69 bits per heavy atom. The van der Waals surface area contributed by atoms with Gasteiger partial charge in [0.25, 0.3) is 5.91 Å². The van der Waals surface area contributed by atoms with Crippen LogP contribution in [0, 0.1) is 0 Å². The van der Waals surface area contributed by atoms with Crippen LogP contribution in [0.2, 0.25) is 0 Å².